The minimum absolute atomic E-state index is 0.0759. The lowest BCUT2D eigenvalue weighted by Gasteiger charge is -2.34. The first-order valence-electron chi connectivity index (χ1n) is 9.69. The third kappa shape index (κ3) is 5.18. The minimum Gasteiger partial charge on any atom is -0.370 e. The molecule has 27 heavy (non-hydrogen) atoms. The maximum absolute atomic E-state index is 12.4. The molecule has 2 aromatic rings. The first-order valence-corrected chi connectivity index (χ1v) is 9.69. The van der Waals surface area contributed by atoms with Gasteiger partial charge in [0.05, 0.1) is 11.9 Å². The predicted octanol–water partition coefficient (Wildman–Crippen LogP) is 2.49. The molecule has 1 fully saturated rings. The molecule has 1 unspecified atom stereocenters. The first-order chi connectivity index (χ1) is 13.0. The molecule has 0 spiro atoms. The zero-order valence-corrected chi connectivity index (χ0v) is 16.1. The Balaban J connectivity index is 1.54. The molecule has 1 amide bonds. The van der Waals surface area contributed by atoms with E-state index < -0.39 is 0 Å². The molecule has 3 rings (SSSR count). The lowest BCUT2D eigenvalue weighted by Crippen LogP contribution is -2.38. The average Bonchev–Trinajstić information content (AvgIpc) is 2.66. The van der Waals surface area contributed by atoms with Crippen LogP contribution in [0, 0.1) is 12.8 Å². The van der Waals surface area contributed by atoms with Gasteiger partial charge < -0.3 is 10.2 Å². The molecule has 0 aliphatic carbocycles. The average molecular weight is 368 g/mol. The van der Waals surface area contributed by atoms with Crippen molar-refractivity contribution in [3.8, 4) is 0 Å². The quantitative estimate of drug-likeness (QED) is 0.851. The van der Waals surface area contributed by atoms with Gasteiger partial charge in [-0.25, -0.2) is 4.68 Å². The molecular formula is C21H28N4O2. The van der Waals surface area contributed by atoms with E-state index in [0.717, 1.165) is 37.2 Å². The Hall–Kier alpha value is -2.63. The molecule has 1 aromatic carbocycles. The Bertz CT molecular complexity index is 846. The summed E-state index contributed by atoms with van der Waals surface area (Å²) in [6.07, 6.45) is 4.33. The number of aromatic nitrogens is 2. The van der Waals surface area contributed by atoms with Crippen molar-refractivity contribution < 1.29 is 4.79 Å². The van der Waals surface area contributed by atoms with Crippen molar-refractivity contribution in [2.75, 3.05) is 18.0 Å². The molecule has 0 bridgehead atoms. The molecular weight excluding hydrogens is 340 g/mol. The lowest BCUT2D eigenvalue weighted by molar-refractivity contribution is -0.122. The van der Waals surface area contributed by atoms with Gasteiger partial charge in [-0.1, -0.05) is 29.8 Å². The second kappa shape index (κ2) is 8.84. The van der Waals surface area contributed by atoms with Crippen LogP contribution >= 0.6 is 0 Å². The molecule has 1 atom stereocenters. The number of carbonyl (C=O) groups is 1. The van der Waals surface area contributed by atoms with Crippen molar-refractivity contribution in [3.63, 3.8) is 0 Å². The second-order valence-corrected chi connectivity index (χ2v) is 7.29. The summed E-state index contributed by atoms with van der Waals surface area (Å²) >= 11 is 0. The Morgan fingerprint density at radius 3 is 2.93 bits per heavy atom. The number of nitrogens with one attached hydrogen (secondary N) is 1. The zero-order valence-electron chi connectivity index (χ0n) is 16.1. The van der Waals surface area contributed by atoms with E-state index in [0.29, 0.717) is 25.4 Å². The van der Waals surface area contributed by atoms with Crippen LogP contribution in [0.3, 0.4) is 0 Å². The fourth-order valence-electron chi connectivity index (χ4n) is 3.66. The third-order valence-corrected chi connectivity index (χ3v) is 5.09. The standard InChI is InChI=1S/C21H28N4O2/c1-3-25-21(27)12-19(14-23-25)24-9-5-8-18(15-24)11-20(26)22-13-17-7-4-6-16(2)10-17/h4,6-7,10,12,14,18H,3,5,8-9,11,13,15H2,1-2H3,(H,22,26). The van der Waals surface area contributed by atoms with E-state index >= 15 is 0 Å². The number of rotatable bonds is 6. The van der Waals surface area contributed by atoms with Crippen molar-refractivity contribution in [3.05, 3.63) is 58.0 Å². The van der Waals surface area contributed by atoms with Crippen LogP contribution in [0.15, 0.2) is 41.3 Å². The largest absolute Gasteiger partial charge is 0.370 e. The van der Waals surface area contributed by atoms with Crippen molar-refractivity contribution in [2.24, 2.45) is 5.92 Å². The number of anilines is 1. The summed E-state index contributed by atoms with van der Waals surface area (Å²) in [4.78, 5) is 26.6. The van der Waals surface area contributed by atoms with Gasteiger partial charge in [0.2, 0.25) is 5.91 Å². The van der Waals surface area contributed by atoms with E-state index in [9.17, 15) is 9.59 Å². The smallest absolute Gasteiger partial charge is 0.268 e. The second-order valence-electron chi connectivity index (χ2n) is 7.29. The van der Waals surface area contributed by atoms with E-state index in [2.05, 4.69) is 34.4 Å². The molecule has 144 valence electrons. The highest BCUT2D eigenvalue weighted by molar-refractivity contribution is 5.76. The highest BCUT2D eigenvalue weighted by Crippen LogP contribution is 2.23. The molecule has 1 aliphatic heterocycles. The zero-order chi connectivity index (χ0) is 19.2. The van der Waals surface area contributed by atoms with Gasteiger partial charge in [-0.2, -0.15) is 5.10 Å². The summed E-state index contributed by atoms with van der Waals surface area (Å²) in [6, 6.07) is 9.83. The Labute approximate surface area is 160 Å². The van der Waals surface area contributed by atoms with Crippen molar-refractivity contribution in [1.82, 2.24) is 15.1 Å². The monoisotopic (exact) mass is 368 g/mol. The summed E-state index contributed by atoms with van der Waals surface area (Å²) in [5.41, 5.74) is 3.10. The molecule has 1 saturated heterocycles. The maximum atomic E-state index is 12.4. The molecule has 6 nitrogen and oxygen atoms in total. The van der Waals surface area contributed by atoms with Crippen molar-refractivity contribution in [1.29, 1.82) is 0 Å². The SMILES string of the molecule is CCn1ncc(N2CCCC(CC(=O)NCc3cccc(C)c3)C2)cc1=O. The fourth-order valence-corrected chi connectivity index (χ4v) is 3.66. The van der Waals surface area contributed by atoms with Crippen LogP contribution in [0.5, 0.6) is 0 Å². The van der Waals surface area contributed by atoms with E-state index in [4.69, 9.17) is 0 Å². The molecule has 6 heteroatoms. The van der Waals surface area contributed by atoms with E-state index in [-0.39, 0.29) is 11.5 Å². The van der Waals surface area contributed by atoms with Crippen LogP contribution in [0.1, 0.15) is 37.3 Å². The summed E-state index contributed by atoms with van der Waals surface area (Å²) < 4.78 is 1.45. The number of benzene rings is 1. The van der Waals surface area contributed by atoms with Gasteiger partial charge >= 0.3 is 0 Å². The summed E-state index contributed by atoms with van der Waals surface area (Å²) in [7, 11) is 0. The van der Waals surface area contributed by atoms with E-state index in [1.807, 2.05) is 19.1 Å². The summed E-state index contributed by atoms with van der Waals surface area (Å²) in [5, 5.41) is 7.24. The van der Waals surface area contributed by atoms with Gasteiger partial charge in [-0.05, 0) is 38.2 Å². The van der Waals surface area contributed by atoms with Crippen LogP contribution in [0.2, 0.25) is 0 Å². The van der Waals surface area contributed by atoms with E-state index in [1.54, 1.807) is 12.3 Å². The third-order valence-electron chi connectivity index (χ3n) is 5.09. The topological polar surface area (TPSA) is 67.2 Å². The number of hydrogen-bond donors (Lipinski definition) is 1. The van der Waals surface area contributed by atoms with Crippen LogP contribution < -0.4 is 15.8 Å². The van der Waals surface area contributed by atoms with Gasteiger partial charge in [0.1, 0.15) is 0 Å². The summed E-state index contributed by atoms with van der Waals surface area (Å²) in [6.45, 7) is 6.78. The highest BCUT2D eigenvalue weighted by atomic mass is 16.1. The predicted molar refractivity (Wildman–Crippen MR) is 107 cm³/mol. The van der Waals surface area contributed by atoms with Crippen molar-refractivity contribution >= 4 is 11.6 Å². The number of nitrogens with zero attached hydrogens (tertiary/aromatic N) is 3. The lowest BCUT2D eigenvalue weighted by atomic mass is 9.94. The van der Waals surface area contributed by atoms with Crippen molar-refractivity contribution in [2.45, 2.75) is 46.2 Å². The molecule has 2 heterocycles. The van der Waals surface area contributed by atoms with Crippen LogP contribution in [0.4, 0.5) is 5.69 Å². The van der Waals surface area contributed by atoms with E-state index in [1.165, 1.54) is 10.2 Å². The molecule has 1 N–H and O–H groups in total. The highest BCUT2D eigenvalue weighted by Gasteiger charge is 2.23. The Kier molecular flexibility index (Phi) is 6.27. The number of carbonyl (C=O) groups excluding carboxylic acids is 1. The number of hydrogen-bond acceptors (Lipinski definition) is 4. The normalized spacial score (nSPS) is 17.0. The van der Waals surface area contributed by atoms with Crippen LogP contribution in [-0.2, 0) is 17.9 Å². The fraction of sp³-hybridized carbons (Fsp3) is 0.476. The first kappa shape index (κ1) is 19.1. The summed E-state index contributed by atoms with van der Waals surface area (Å²) in [5.74, 6) is 0.382. The van der Waals surface area contributed by atoms with Crippen LogP contribution in [0.25, 0.3) is 0 Å². The van der Waals surface area contributed by atoms with Gasteiger partial charge in [0.25, 0.3) is 5.56 Å². The maximum Gasteiger partial charge on any atom is 0.268 e. The van der Waals surface area contributed by atoms with Crippen LogP contribution in [-0.4, -0.2) is 28.8 Å². The van der Waals surface area contributed by atoms with Gasteiger partial charge in [0, 0.05) is 38.7 Å². The minimum atomic E-state index is -0.0759. The molecule has 1 aliphatic rings. The van der Waals surface area contributed by atoms with Gasteiger partial charge in [0.15, 0.2) is 0 Å². The molecule has 0 radical (unpaired) electrons. The Morgan fingerprint density at radius 2 is 2.19 bits per heavy atom. The van der Waals surface area contributed by atoms with Gasteiger partial charge in [-0.3, -0.25) is 9.59 Å². The van der Waals surface area contributed by atoms with Gasteiger partial charge in [-0.15, -0.1) is 0 Å². The number of piperidine rings is 1. The number of aryl methyl sites for hydroxylation is 2. The molecule has 1 aromatic heterocycles. The number of amides is 1. The Morgan fingerprint density at radius 1 is 1.33 bits per heavy atom. The molecule has 0 saturated carbocycles.